The fourth-order valence-corrected chi connectivity index (χ4v) is 3.78. The van der Waals surface area contributed by atoms with Crippen molar-refractivity contribution in [2.75, 3.05) is 6.61 Å². The molecule has 1 aliphatic rings. The Hall–Kier alpha value is -1.88. The second-order valence-corrected chi connectivity index (χ2v) is 6.21. The van der Waals surface area contributed by atoms with E-state index in [1.807, 2.05) is 31.2 Å². The molecule has 3 rings (SSSR count). The van der Waals surface area contributed by atoms with Crippen molar-refractivity contribution in [3.05, 3.63) is 34.8 Å². The van der Waals surface area contributed by atoms with Crippen LogP contribution in [0.25, 0.3) is 10.6 Å². The normalized spacial score (nSPS) is 17.3. The molecule has 1 atom stereocenters. The zero-order valence-corrected chi connectivity index (χ0v) is 12.7. The number of carboxylic acid groups (broad SMARTS) is 1. The maximum Gasteiger partial charge on any atom is 0.306 e. The van der Waals surface area contributed by atoms with E-state index in [9.17, 15) is 4.79 Å². The minimum Gasteiger partial charge on any atom is -0.494 e. The Morgan fingerprint density at radius 1 is 1.52 bits per heavy atom. The average Bonchev–Trinajstić information content (AvgIpc) is 2.91. The lowest BCUT2D eigenvalue weighted by Crippen LogP contribution is -2.21. The Bertz CT molecular complexity index is 665. The number of fused-ring (bicyclic) bond motifs is 1. The summed E-state index contributed by atoms with van der Waals surface area (Å²) >= 11 is 1.61. The second kappa shape index (κ2) is 5.85. The lowest BCUT2D eigenvalue weighted by molar-refractivity contribution is -0.142. The van der Waals surface area contributed by atoms with Gasteiger partial charge in [0.25, 0.3) is 0 Å². The highest BCUT2D eigenvalue weighted by Crippen LogP contribution is 2.35. The van der Waals surface area contributed by atoms with Crippen LogP contribution in [-0.2, 0) is 17.6 Å². The van der Waals surface area contributed by atoms with Gasteiger partial charge in [0.15, 0.2) is 0 Å². The van der Waals surface area contributed by atoms with Gasteiger partial charge >= 0.3 is 5.97 Å². The number of rotatable bonds is 4. The molecule has 0 amide bonds. The molecule has 0 fully saturated rings. The monoisotopic (exact) mass is 303 g/mol. The number of carboxylic acids is 1. The number of hydrogen-bond acceptors (Lipinski definition) is 4. The number of aliphatic carboxylic acids is 1. The van der Waals surface area contributed by atoms with Crippen LogP contribution in [-0.4, -0.2) is 22.7 Å². The first-order valence-electron chi connectivity index (χ1n) is 7.12. The van der Waals surface area contributed by atoms with E-state index in [0.29, 0.717) is 19.4 Å². The van der Waals surface area contributed by atoms with E-state index in [4.69, 9.17) is 9.84 Å². The molecule has 0 saturated heterocycles. The smallest absolute Gasteiger partial charge is 0.306 e. The predicted molar refractivity (Wildman–Crippen MR) is 81.9 cm³/mol. The SMILES string of the molecule is CCOc1cccc(-c2nc3c(s2)CC(C(=O)O)CC3)c1. The van der Waals surface area contributed by atoms with Crippen molar-refractivity contribution in [1.29, 1.82) is 0 Å². The summed E-state index contributed by atoms with van der Waals surface area (Å²) in [6, 6.07) is 7.89. The third kappa shape index (κ3) is 2.93. The van der Waals surface area contributed by atoms with Crippen LogP contribution >= 0.6 is 11.3 Å². The summed E-state index contributed by atoms with van der Waals surface area (Å²) in [5.41, 5.74) is 2.10. The Kier molecular flexibility index (Phi) is 3.92. The molecule has 1 aromatic heterocycles. The topological polar surface area (TPSA) is 59.4 Å². The highest BCUT2D eigenvalue weighted by atomic mass is 32.1. The first-order valence-corrected chi connectivity index (χ1v) is 7.93. The van der Waals surface area contributed by atoms with Crippen molar-refractivity contribution in [2.45, 2.75) is 26.2 Å². The molecule has 0 bridgehead atoms. The molecule has 4 nitrogen and oxygen atoms in total. The van der Waals surface area contributed by atoms with Crippen molar-refractivity contribution in [2.24, 2.45) is 5.92 Å². The number of ether oxygens (including phenoxy) is 1. The molecule has 2 aromatic rings. The zero-order valence-electron chi connectivity index (χ0n) is 11.8. The van der Waals surface area contributed by atoms with Gasteiger partial charge in [-0.25, -0.2) is 4.98 Å². The first kappa shape index (κ1) is 14.1. The Labute approximate surface area is 127 Å². The van der Waals surface area contributed by atoms with Crippen molar-refractivity contribution in [3.63, 3.8) is 0 Å². The van der Waals surface area contributed by atoms with Crippen LogP contribution in [0.4, 0.5) is 0 Å². The summed E-state index contributed by atoms with van der Waals surface area (Å²) in [7, 11) is 0. The maximum atomic E-state index is 11.1. The van der Waals surface area contributed by atoms with Gasteiger partial charge in [0, 0.05) is 10.4 Å². The van der Waals surface area contributed by atoms with Crippen LogP contribution in [0.3, 0.4) is 0 Å². The van der Waals surface area contributed by atoms with E-state index in [2.05, 4.69) is 4.98 Å². The Balaban J connectivity index is 1.88. The number of aryl methyl sites for hydroxylation is 1. The highest BCUT2D eigenvalue weighted by molar-refractivity contribution is 7.15. The van der Waals surface area contributed by atoms with Crippen LogP contribution in [0.15, 0.2) is 24.3 Å². The zero-order chi connectivity index (χ0) is 14.8. The van der Waals surface area contributed by atoms with Crippen LogP contribution in [0, 0.1) is 5.92 Å². The molecule has 1 unspecified atom stereocenters. The molecule has 21 heavy (non-hydrogen) atoms. The van der Waals surface area contributed by atoms with Gasteiger partial charge in [-0.05, 0) is 38.3 Å². The lowest BCUT2D eigenvalue weighted by atomic mass is 9.91. The van der Waals surface area contributed by atoms with E-state index in [1.165, 1.54) is 0 Å². The van der Waals surface area contributed by atoms with E-state index in [-0.39, 0.29) is 5.92 Å². The highest BCUT2D eigenvalue weighted by Gasteiger charge is 2.27. The Morgan fingerprint density at radius 3 is 3.14 bits per heavy atom. The molecular weight excluding hydrogens is 286 g/mol. The van der Waals surface area contributed by atoms with Gasteiger partial charge in [-0.15, -0.1) is 11.3 Å². The summed E-state index contributed by atoms with van der Waals surface area (Å²) in [5, 5.41) is 10.1. The minimum atomic E-state index is -0.700. The van der Waals surface area contributed by atoms with E-state index < -0.39 is 5.97 Å². The molecule has 1 aromatic carbocycles. The molecule has 0 radical (unpaired) electrons. The summed E-state index contributed by atoms with van der Waals surface area (Å²) in [4.78, 5) is 16.9. The molecule has 1 aliphatic carbocycles. The van der Waals surface area contributed by atoms with Crippen molar-refractivity contribution in [1.82, 2.24) is 4.98 Å². The van der Waals surface area contributed by atoms with Gasteiger partial charge in [-0.3, -0.25) is 4.79 Å². The number of nitrogens with zero attached hydrogens (tertiary/aromatic N) is 1. The number of benzene rings is 1. The van der Waals surface area contributed by atoms with Gasteiger partial charge in [-0.1, -0.05) is 12.1 Å². The minimum absolute atomic E-state index is 0.263. The molecular formula is C16H17NO3S. The third-order valence-electron chi connectivity index (χ3n) is 3.68. The first-order chi connectivity index (χ1) is 10.2. The molecule has 0 saturated carbocycles. The fourth-order valence-electron chi connectivity index (χ4n) is 2.59. The number of carbonyl (C=O) groups is 1. The number of thiazole rings is 1. The summed E-state index contributed by atoms with van der Waals surface area (Å²) in [6.45, 7) is 2.60. The summed E-state index contributed by atoms with van der Waals surface area (Å²) in [5.74, 6) is -0.124. The number of aromatic nitrogens is 1. The summed E-state index contributed by atoms with van der Waals surface area (Å²) in [6.07, 6.45) is 2.05. The predicted octanol–water partition coefficient (Wildman–Crippen LogP) is 3.40. The third-order valence-corrected chi connectivity index (χ3v) is 4.85. The van der Waals surface area contributed by atoms with E-state index in [0.717, 1.165) is 33.3 Å². The quantitative estimate of drug-likeness (QED) is 0.940. The van der Waals surface area contributed by atoms with Gasteiger partial charge in [0.1, 0.15) is 10.8 Å². The standard InChI is InChI=1S/C16H17NO3S/c1-2-20-12-5-3-4-10(8-12)15-17-13-7-6-11(16(18)19)9-14(13)21-15/h3-5,8,11H,2,6-7,9H2,1H3,(H,18,19). The average molecular weight is 303 g/mol. The number of hydrogen-bond donors (Lipinski definition) is 1. The summed E-state index contributed by atoms with van der Waals surface area (Å²) < 4.78 is 5.52. The molecule has 0 spiro atoms. The van der Waals surface area contributed by atoms with Crippen molar-refractivity contribution < 1.29 is 14.6 Å². The van der Waals surface area contributed by atoms with Gasteiger partial charge in [0.05, 0.1) is 18.2 Å². The second-order valence-electron chi connectivity index (χ2n) is 5.13. The van der Waals surface area contributed by atoms with E-state index >= 15 is 0 Å². The largest absolute Gasteiger partial charge is 0.494 e. The molecule has 1 N–H and O–H groups in total. The fraction of sp³-hybridized carbons (Fsp3) is 0.375. The van der Waals surface area contributed by atoms with E-state index in [1.54, 1.807) is 11.3 Å². The van der Waals surface area contributed by atoms with Crippen LogP contribution in [0.1, 0.15) is 23.9 Å². The maximum absolute atomic E-state index is 11.1. The van der Waals surface area contributed by atoms with Crippen LogP contribution in [0.2, 0.25) is 0 Å². The van der Waals surface area contributed by atoms with Crippen molar-refractivity contribution in [3.8, 4) is 16.3 Å². The van der Waals surface area contributed by atoms with Crippen LogP contribution in [0.5, 0.6) is 5.75 Å². The Morgan fingerprint density at radius 2 is 2.38 bits per heavy atom. The molecule has 0 aliphatic heterocycles. The van der Waals surface area contributed by atoms with Gasteiger partial charge in [-0.2, -0.15) is 0 Å². The molecule has 1 heterocycles. The molecule has 110 valence electrons. The van der Waals surface area contributed by atoms with Gasteiger partial charge < -0.3 is 9.84 Å². The molecule has 5 heteroatoms. The lowest BCUT2D eigenvalue weighted by Gasteiger charge is -2.16. The van der Waals surface area contributed by atoms with Gasteiger partial charge in [0.2, 0.25) is 0 Å². The van der Waals surface area contributed by atoms with Crippen molar-refractivity contribution >= 4 is 17.3 Å². The van der Waals surface area contributed by atoms with Crippen LogP contribution < -0.4 is 4.74 Å².